The van der Waals surface area contributed by atoms with Crippen LogP contribution in [0.3, 0.4) is 0 Å². The second-order valence-electron chi connectivity index (χ2n) is 3.92. The maximum atomic E-state index is 11.7. The molecule has 0 atom stereocenters. The van der Waals surface area contributed by atoms with Crippen molar-refractivity contribution < 1.29 is 4.79 Å². The molecule has 1 aromatic heterocycles. The minimum Gasteiger partial charge on any atom is -0.350 e. The van der Waals surface area contributed by atoms with Gasteiger partial charge in [-0.1, -0.05) is 0 Å². The van der Waals surface area contributed by atoms with E-state index in [2.05, 4.69) is 15.2 Å². The first-order chi connectivity index (χ1) is 8.84. The van der Waals surface area contributed by atoms with Crippen LogP contribution in [0.25, 0.3) is 0 Å². The molecule has 1 fully saturated rings. The molecule has 4 nitrogen and oxygen atoms in total. The Morgan fingerprint density at radius 2 is 2.17 bits per heavy atom. The molecule has 0 aliphatic carbocycles. The van der Waals surface area contributed by atoms with Gasteiger partial charge in [0, 0.05) is 47.8 Å². The summed E-state index contributed by atoms with van der Waals surface area (Å²) in [5, 5.41) is 5.80. The van der Waals surface area contributed by atoms with Gasteiger partial charge in [-0.2, -0.15) is 0 Å². The van der Waals surface area contributed by atoms with Gasteiger partial charge in [0.2, 0.25) is 5.91 Å². The molecule has 0 unspecified atom stereocenters. The number of hydrogen-bond acceptors (Lipinski definition) is 6. The summed E-state index contributed by atoms with van der Waals surface area (Å²) in [6.45, 7) is 1.41. The highest BCUT2D eigenvalue weighted by Crippen LogP contribution is 2.16. The van der Waals surface area contributed by atoms with Gasteiger partial charge in [0.1, 0.15) is 5.01 Å². The average molecular weight is 303 g/mol. The van der Waals surface area contributed by atoms with E-state index in [4.69, 9.17) is 0 Å². The van der Waals surface area contributed by atoms with Crippen molar-refractivity contribution in [3.05, 3.63) is 16.6 Å². The van der Waals surface area contributed by atoms with E-state index in [0.29, 0.717) is 13.0 Å². The molecule has 1 aliphatic rings. The van der Waals surface area contributed by atoms with Crippen molar-refractivity contribution in [1.29, 1.82) is 0 Å². The number of rotatable bonds is 5. The standard InChI is InChI=1S/C11H17N3OS3/c15-10(13-7-11-12-2-4-18-11)1-3-14-8-16-5-6-17-9-14/h2,4H,1,3,5-9H2,(H,13,15). The number of amides is 1. The molecule has 1 aromatic rings. The van der Waals surface area contributed by atoms with Gasteiger partial charge in [0.25, 0.3) is 0 Å². The lowest BCUT2D eigenvalue weighted by Gasteiger charge is -2.17. The highest BCUT2D eigenvalue weighted by atomic mass is 32.2. The van der Waals surface area contributed by atoms with Gasteiger partial charge in [-0.15, -0.1) is 34.9 Å². The van der Waals surface area contributed by atoms with Crippen molar-refractivity contribution in [2.24, 2.45) is 0 Å². The van der Waals surface area contributed by atoms with Gasteiger partial charge in [-0.05, 0) is 0 Å². The molecule has 1 amide bonds. The lowest BCUT2D eigenvalue weighted by molar-refractivity contribution is -0.121. The quantitative estimate of drug-likeness (QED) is 0.899. The Bertz CT molecular complexity index is 350. The van der Waals surface area contributed by atoms with Crippen molar-refractivity contribution >= 4 is 40.8 Å². The predicted molar refractivity (Wildman–Crippen MR) is 79.9 cm³/mol. The van der Waals surface area contributed by atoms with E-state index >= 15 is 0 Å². The third-order valence-corrected chi connectivity index (χ3v) is 5.61. The number of nitrogens with zero attached hydrogens (tertiary/aromatic N) is 2. The minimum atomic E-state index is 0.115. The van der Waals surface area contributed by atoms with Gasteiger partial charge in [0.15, 0.2) is 0 Å². The first kappa shape index (κ1) is 14.2. The molecule has 100 valence electrons. The van der Waals surface area contributed by atoms with Crippen molar-refractivity contribution in [1.82, 2.24) is 15.2 Å². The van der Waals surface area contributed by atoms with Crippen LogP contribution in [0.2, 0.25) is 0 Å². The average Bonchev–Trinajstić information content (AvgIpc) is 2.76. The fourth-order valence-corrected chi connectivity index (χ4v) is 4.36. The van der Waals surface area contributed by atoms with Crippen molar-refractivity contribution in [3.8, 4) is 0 Å². The zero-order valence-electron chi connectivity index (χ0n) is 10.1. The van der Waals surface area contributed by atoms with Gasteiger partial charge in [0.05, 0.1) is 6.54 Å². The van der Waals surface area contributed by atoms with Gasteiger partial charge < -0.3 is 5.32 Å². The normalized spacial score (nSPS) is 17.3. The number of carbonyl (C=O) groups is 1. The Balaban J connectivity index is 1.61. The fourth-order valence-electron chi connectivity index (χ4n) is 1.53. The van der Waals surface area contributed by atoms with Crippen LogP contribution in [-0.2, 0) is 11.3 Å². The van der Waals surface area contributed by atoms with Crippen LogP contribution in [0.15, 0.2) is 11.6 Å². The Kier molecular flexibility index (Phi) is 6.33. The number of nitrogens with one attached hydrogen (secondary N) is 1. The SMILES string of the molecule is O=C(CCN1CSCCSC1)NCc1nccs1. The maximum absolute atomic E-state index is 11.7. The highest BCUT2D eigenvalue weighted by Gasteiger charge is 2.11. The number of carbonyl (C=O) groups excluding carboxylic acids is 1. The van der Waals surface area contributed by atoms with E-state index < -0.39 is 0 Å². The van der Waals surface area contributed by atoms with E-state index in [1.807, 2.05) is 28.9 Å². The molecule has 0 radical (unpaired) electrons. The summed E-state index contributed by atoms with van der Waals surface area (Å²) in [7, 11) is 0. The van der Waals surface area contributed by atoms with E-state index in [1.165, 1.54) is 11.5 Å². The first-order valence-corrected chi connectivity index (χ1v) is 9.06. The highest BCUT2D eigenvalue weighted by molar-refractivity contribution is 8.03. The smallest absolute Gasteiger partial charge is 0.221 e. The zero-order valence-corrected chi connectivity index (χ0v) is 12.6. The zero-order chi connectivity index (χ0) is 12.6. The largest absolute Gasteiger partial charge is 0.350 e. The van der Waals surface area contributed by atoms with E-state index in [1.54, 1.807) is 17.5 Å². The Hall–Kier alpha value is -0.240. The summed E-state index contributed by atoms with van der Waals surface area (Å²) >= 11 is 5.47. The molecule has 0 bridgehead atoms. The van der Waals surface area contributed by atoms with Crippen LogP contribution in [0, 0.1) is 0 Å². The first-order valence-electron chi connectivity index (χ1n) is 5.87. The Morgan fingerprint density at radius 3 is 2.83 bits per heavy atom. The van der Waals surface area contributed by atoms with Crippen LogP contribution < -0.4 is 5.32 Å². The van der Waals surface area contributed by atoms with Crippen LogP contribution in [0.5, 0.6) is 0 Å². The lowest BCUT2D eigenvalue weighted by atomic mass is 10.4. The predicted octanol–water partition coefficient (Wildman–Crippen LogP) is 1.85. The molecule has 2 rings (SSSR count). The summed E-state index contributed by atoms with van der Waals surface area (Å²) in [5.41, 5.74) is 0. The third kappa shape index (κ3) is 5.17. The molecule has 0 spiro atoms. The third-order valence-electron chi connectivity index (χ3n) is 2.50. The van der Waals surface area contributed by atoms with Crippen molar-refractivity contribution in [2.75, 3.05) is 29.8 Å². The molecule has 1 aliphatic heterocycles. The van der Waals surface area contributed by atoms with Crippen LogP contribution in [0.1, 0.15) is 11.4 Å². The molecule has 18 heavy (non-hydrogen) atoms. The maximum Gasteiger partial charge on any atom is 0.221 e. The van der Waals surface area contributed by atoms with Gasteiger partial charge in [-0.3, -0.25) is 9.69 Å². The summed E-state index contributed by atoms with van der Waals surface area (Å²) in [5.74, 6) is 4.65. The number of hydrogen-bond donors (Lipinski definition) is 1. The molecule has 1 saturated heterocycles. The molecule has 1 N–H and O–H groups in total. The number of thioether (sulfide) groups is 2. The Labute approximate surface area is 120 Å². The molecule has 0 aromatic carbocycles. The fraction of sp³-hybridized carbons (Fsp3) is 0.636. The minimum absolute atomic E-state index is 0.115. The van der Waals surface area contributed by atoms with Crippen LogP contribution in [0.4, 0.5) is 0 Å². The summed E-state index contributed by atoms with van der Waals surface area (Å²) < 4.78 is 0. The molecule has 2 heterocycles. The van der Waals surface area contributed by atoms with Crippen LogP contribution in [-0.4, -0.2) is 45.6 Å². The number of aromatic nitrogens is 1. The van der Waals surface area contributed by atoms with Crippen molar-refractivity contribution in [3.63, 3.8) is 0 Å². The monoisotopic (exact) mass is 303 g/mol. The summed E-state index contributed by atoms with van der Waals surface area (Å²) in [6, 6.07) is 0. The van der Waals surface area contributed by atoms with E-state index in [-0.39, 0.29) is 5.91 Å². The molecular formula is C11H17N3OS3. The van der Waals surface area contributed by atoms with Crippen LogP contribution >= 0.6 is 34.9 Å². The molecule has 0 saturated carbocycles. The van der Waals surface area contributed by atoms with Gasteiger partial charge >= 0.3 is 0 Å². The van der Waals surface area contributed by atoms with Gasteiger partial charge in [-0.25, -0.2) is 4.98 Å². The van der Waals surface area contributed by atoms with Crippen molar-refractivity contribution in [2.45, 2.75) is 13.0 Å². The summed E-state index contributed by atoms with van der Waals surface area (Å²) in [6.07, 6.45) is 2.34. The topological polar surface area (TPSA) is 45.2 Å². The molecule has 7 heteroatoms. The van der Waals surface area contributed by atoms with E-state index in [9.17, 15) is 4.79 Å². The molecular weight excluding hydrogens is 286 g/mol. The second-order valence-corrected chi connectivity index (χ2v) is 7.05. The second kappa shape index (κ2) is 8.04. The lowest BCUT2D eigenvalue weighted by Crippen LogP contribution is -2.30. The number of thiazole rings is 1. The summed E-state index contributed by atoms with van der Waals surface area (Å²) in [4.78, 5) is 18.2. The van der Waals surface area contributed by atoms with E-state index in [0.717, 1.165) is 23.3 Å². The Morgan fingerprint density at radius 1 is 1.39 bits per heavy atom.